The minimum absolute atomic E-state index is 0.00167. The summed E-state index contributed by atoms with van der Waals surface area (Å²) in [7, 11) is 0. The van der Waals surface area contributed by atoms with Crippen molar-refractivity contribution in [1.29, 1.82) is 0 Å². The molecule has 3 N–H and O–H groups in total. The number of fused-ring (bicyclic) bond motifs is 2. The highest BCUT2D eigenvalue weighted by Crippen LogP contribution is 2.52. The Morgan fingerprint density at radius 2 is 1.94 bits per heavy atom. The van der Waals surface area contributed by atoms with E-state index in [0.29, 0.717) is 29.2 Å². The highest BCUT2D eigenvalue weighted by Gasteiger charge is 2.46. The Labute approximate surface area is 184 Å². The average molecular weight is 441 g/mol. The largest absolute Gasteiger partial charge is 0.490 e. The summed E-state index contributed by atoms with van der Waals surface area (Å²) in [5, 5.41) is 11.9. The first kappa shape index (κ1) is 19.1. The zero-order valence-corrected chi connectivity index (χ0v) is 17.9. The van der Waals surface area contributed by atoms with Crippen LogP contribution in [0.4, 0.5) is 5.82 Å². The van der Waals surface area contributed by atoms with Crippen molar-refractivity contribution in [2.45, 2.75) is 44.2 Å². The van der Waals surface area contributed by atoms with Crippen LogP contribution < -0.4 is 16.0 Å². The fourth-order valence-electron chi connectivity index (χ4n) is 5.33. The maximum Gasteiger partial charge on any atom is 0.290 e. The molecule has 2 unspecified atom stereocenters. The van der Waals surface area contributed by atoms with Crippen LogP contribution in [0.3, 0.4) is 0 Å². The quantitative estimate of drug-likeness (QED) is 0.603. The molecule has 3 heterocycles. The van der Waals surface area contributed by atoms with Crippen LogP contribution in [0.5, 0.6) is 5.75 Å². The molecule has 0 radical (unpaired) electrons. The van der Waals surface area contributed by atoms with Crippen molar-refractivity contribution in [2.75, 3.05) is 18.8 Å². The highest BCUT2D eigenvalue weighted by molar-refractivity contribution is 6.13. The molecular weight excluding hydrogens is 416 g/mol. The smallest absolute Gasteiger partial charge is 0.290 e. The maximum atomic E-state index is 12.7. The van der Waals surface area contributed by atoms with Crippen molar-refractivity contribution in [1.82, 2.24) is 24.4 Å². The van der Waals surface area contributed by atoms with E-state index in [1.807, 2.05) is 24.3 Å². The third-order valence-electron chi connectivity index (χ3n) is 6.98. The molecule has 162 valence electrons. The molecule has 3 atom stereocenters. The minimum Gasteiger partial charge on any atom is -0.490 e. The van der Waals surface area contributed by atoms with Gasteiger partial charge in [-0.3, -0.25) is 9.48 Å². The Bertz CT molecular complexity index is 1180. The molecule has 3 aromatic rings. The van der Waals surface area contributed by atoms with E-state index in [4.69, 9.17) is 27.3 Å². The third-order valence-corrected chi connectivity index (χ3v) is 7.29. The second kappa shape index (κ2) is 7.24. The van der Waals surface area contributed by atoms with Gasteiger partial charge in [-0.25, -0.2) is 9.52 Å². The highest BCUT2D eigenvalue weighted by atomic mass is 35.5. The van der Waals surface area contributed by atoms with Gasteiger partial charge >= 0.3 is 0 Å². The van der Waals surface area contributed by atoms with Gasteiger partial charge in [0.2, 0.25) is 0 Å². The molecule has 0 amide bonds. The fourth-order valence-corrected chi connectivity index (χ4v) is 5.61. The lowest BCUT2D eigenvalue weighted by Crippen LogP contribution is -2.32. The van der Waals surface area contributed by atoms with E-state index in [-0.39, 0.29) is 17.4 Å². The molecule has 0 spiro atoms. The maximum absolute atomic E-state index is 12.7. The lowest BCUT2D eigenvalue weighted by Gasteiger charge is -2.28. The number of rotatable bonds is 4. The van der Waals surface area contributed by atoms with Gasteiger partial charge in [0.05, 0.1) is 17.5 Å². The second-order valence-corrected chi connectivity index (χ2v) is 9.59. The number of H-pyrrole nitrogens is 1. The number of nitrogens with one attached hydrogen (secondary N) is 1. The van der Waals surface area contributed by atoms with Crippen molar-refractivity contribution < 1.29 is 4.74 Å². The Kier molecular flexibility index (Phi) is 4.47. The molecule has 2 aromatic heterocycles. The number of ether oxygens (including phenoxy) is 1. The van der Waals surface area contributed by atoms with Gasteiger partial charge < -0.3 is 10.5 Å². The van der Waals surface area contributed by atoms with E-state index in [2.05, 4.69) is 10.2 Å². The molecule has 2 saturated carbocycles. The van der Waals surface area contributed by atoms with Crippen molar-refractivity contribution in [2.24, 2.45) is 11.8 Å². The second-order valence-electron chi connectivity index (χ2n) is 9.11. The molecule has 6 rings (SSSR count). The first-order valence-corrected chi connectivity index (χ1v) is 11.3. The number of benzene rings is 1. The monoisotopic (exact) mass is 440 g/mol. The van der Waals surface area contributed by atoms with E-state index in [9.17, 15) is 4.79 Å². The standard InChI is InChI=1S/C22H25ClN6O2/c23-28-7-1-2-15(11-28)29-20-18(21(24)25-26-22(20)30)19(27-29)12-3-5-16(6-4-12)31-17-9-13-8-14(13)10-17/h3-6,13-15,17H,1-2,7-11H2,(H2,24,25)(H,26,30)/t13?,14?,15-,17?/m1/s1. The molecule has 3 aliphatic rings. The van der Waals surface area contributed by atoms with Gasteiger partial charge in [0, 0.05) is 18.7 Å². The molecular formula is C22H25ClN6O2. The summed E-state index contributed by atoms with van der Waals surface area (Å²) >= 11 is 6.26. The zero-order valence-electron chi connectivity index (χ0n) is 17.1. The summed E-state index contributed by atoms with van der Waals surface area (Å²) in [5.74, 6) is 2.90. The van der Waals surface area contributed by atoms with Crippen molar-refractivity contribution >= 4 is 28.5 Å². The molecule has 8 nitrogen and oxygen atoms in total. The van der Waals surface area contributed by atoms with E-state index in [0.717, 1.165) is 42.5 Å². The van der Waals surface area contributed by atoms with Gasteiger partial charge in [0.25, 0.3) is 5.56 Å². The number of piperidine rings is 1. The molecule has 2 aliphatic carbocycles. The van der Waals surface area contributed by atoms with Gasteiger partial charge in [-0.1, -0.05) is 0 Å². The number of nitrogen functional groups attached to an aromatic ring is 1. The Morgan fingerprint density at radius 3 is 2.68 bits per heavy atom. The van der Waals surface area contributed by atoms with Gasteiger partial charge in [-0.2, -0.15) is 10.2 Å². The summed E-state index contributed by atoms with van der Waals surface area (Å²) < 4.78 is 9.70. The summed E-state index contributed by atoms with van der Waals surface area (Å²) in [6.45, 7) is 1.45. The molecule has 1 aliphatic heterocycles. The number of hydrogen-bond acceptors (Lipinski definition) is 6. The zero-order chi connectivity index (χ0) is 21.1. The SMILES string of the molecule is Nc1n[nH]c(=O)c2c1c(-c1ccc(OC3CC4CC4C3)cc1)nn2[C@@H]1CCCN(Cl)C1. The molecule has 1 saturated heterocycles. The normalized spacial score (nSPS) is 28.0. The van der Waals surface area contributed by atoms with Crippen LogP contribution in [-0.4, -0.2) is 43.6 Å². The Hall–Kier alpha value is -2.58. The molecule has 3 fully saturated rings. The van der Waals surface area contributed by atoms with E-state index in [1.165, 1.54) is 19.3 Å². The summed E-state index contributed by atoms with van der Waals surface area (Å²) in [6.07, 6.45) is 5.90. The lowest BCUT2D eigenvalue weighted by molar-refractivity contribution is 0.194. The summed E-state index contributed by atoms with van der Waals surface area (Å²) in [6, 6.07) is 7.91. The summed E-state index contributed by atoms with van der Waals surface area (Å²) in [5.41, 5.74) is 7.88. The van der Waals surface area contributed by atoms with Gasteiger partial charge in [0.15, 0.2) is 5.82 Å². The van der Waals surface area contributed by atoms with E-state index < -0.39 is 0 Å². The van der Waals surface area contributed by atoms with Gasteiger partial charge in [-0.15, -0.1) is 0 Å². The number of anilines is 1. The van der Waals surface area contributed by atoms with Crippen LogP contribution in [0.1, 0.15) is 38.1 Å². The van der Waals surface area contributed by atoms with Crippen LogP contribution in [0.2, 0.25) is 0 Å². The molecule has 31 heavy (non-hydrogen) atoms. The van der Waals surface area contributed by atoms with Crippen molar-refractivity contribution in [3.63, 3.8) is 0 Å². The summed E-state index contributed by atoms with van der Waals surface area (Å²) in [4.78, 5) is 12.7. The van der Waals surface area contributed by atoms with Crippen LogP contribution >= 0.6 is 11.8 Å². The number of halogens is 1. The van der Waals surface area contributed by atoms with E-state index in [1.54, 1.807) is 9.10 Å². The van der Waals surface area contributed by atoms with Crippen molar-refractivity contribution in [3.8, 4) is 17.0 Å². The molecule has 1 aromatic carbocycles. The van der Waals surface area contributed by atoms with Crippen LogP contribution in [0.15, 0.2) is 29.1 Å². The molecule has 9 heteroatoms. The van der Waals surface area contributed by atoms with E-state index >= 15 is 0 Å². The average Bonchev–Trinajstić information content (AvgIpc) is 3.19. The number of aromatic amines is 1. The first-order chi connectivity index (χ1) is 15.1. The van der Waals surface area contributed by atoms with Gasteiger partial charge in [0.1, 0.15) is 17.0 Å². The third kappa shape index (κ3) is 3.38. The first-order valence-electron chi connectivity index (χ1n) is 11.0. The Balaban J connectivity index is 1.36. The number of aromatic nitrogens is 4. The number of nitrogens with two attached hydrogens (primary N) is 1. The lowest BCUT2D eigenvalue weighted by atomic mass is 10.1. The predicted molar refractivity (Wildman–Crippen MR) is 119 cm³/mol. The minimum atomic E-state index is -0.297. The van der Waals surface area contributed by atoms with Crippen LogP contribution in [-0.2, 0) is 0 Å². The van der Waals surface area contributed by atoms with Gasteiger partial charge in [-0.05, 0) is 80.0 Å². The van der Waals surface area contributed by atoms with Crippen LogP contribution in [0, 0.1) is 11.8 Å². The predicted octanol–water partition coefficient (Wildman–Crippen LogP) is 3.34. The van der Waals surface area contributed by atoms with Crippen molar-refractivity contribution in [3.05, 3.63) is 34.6 Å². The molecule has 0 bridgehead atoms. The Morgan fingerprint density at radius 1 is 1.16 bits per heavy atom. The number of hydrogen-bond donors (Lipinski definition) is 2. The fraction of sp³-hybridized carbons (Fsp3) is 0.500. The topological polar surface area (TPSA) is 102 Å². The van der Waals surface area contributed by atoms with Crippen LogP contribution in [0.25, 0.3) is 22.2 Å². The number of nitrogens with zero attached hydrogens (tertiary/aromatic N) is 4.